The summed E-state index contributed by atoms with van der Waals surface area (Å²) in [4.78, 5) is 5.60. The van der Waals surface area contributed by atoms with Crippen molar-refractivity contribution in [2.75, 3.05) is 12.4 Å². The third-order valence-electron chi connectivity index (χ3n) is 3.44. The Morgan fingerprint density at radius 3 is 2.95 bits per heavy atom. The minimum absolute atomic E-state index is 0.761. The molecule has 0 aliphatic carbocycles. The van der Waals surface area contributed by atoms with E-state index in [-0.39, 0.29) is 0 Å². The molecule has 3 rings (SSSR count). The number of ether oxygens (including phenoxy) is 1. The first-order valence-electron chi connectivity index (χ1n) is 6.48. The van der Waals surface area contributed by atoms with Crippen molar-refractivity contribution in [3.05, 3.63) is 46.7 Å². The number of thiazole rings is 1. The quantitative estimate of drug-likeness (QED) is 0.796. The number of hydrogen-bond donors (Lipinski definition) is 1. The van der Waals surface area contributed by atoms with Gasteiger partial charge in [0.25, 0.3) is 0 Å². The average Bonchev–Trinajstić information content (AvgIpc) is 2.98. The highest BCUT2D eigenvalue weighted by molar-refractivity contribution is 7.15. The van der Waals surface area contributed by atoms with Crippen molar-refractivity contribution < 1.29 is 4.74 Å². The van der Waals surface area contributed by atoms with Crippen LogP contribution in [0.4, 0.5) is 5.69 Å². The monoisotopic (exact) mass is 287 g/mol. The Bertz CT molecular complexity index is 745. The lowest BCUT2D eigenvalue weighted by Gasteiger charge is -2.11. The first kappa shape index (κ1) is 13.0. The highest BCUT2D eigenvalue weighted by Gasteiger charge is 2.09. The molecule has 4 nitrogen and oxygen atoms in total. The SMILES string of the molecule is COc1ccc(NCc2c(C)nc3sccn23)c(C)c1. The van der Waals surface area contributed by atoms with E-state index in [1.165, 1.54) is 11.3 Å². The van der Waals surface area contributed by atoms with E-state index in [1.54, 1.807) is 18.4 Å². The molecule has 3 aromatic rings. The summed E-state index contributed by atoms with van der Waals surface area (Å²) >= 11 is 1.66. The predicted molar refractivity (Wildman–Crippen MR) is 82.9 cm³/mol. The number of methoxy groups -OCH3 is 1. The first-order valence-corrected chi connectivity index (χ1v) is 7.36. The second-order valence-corrected chi connectivity index (χ2v) is 5.61. The molecule has 0 saturated heterocycles. The summed E-state index contributed by atoms with van der Waals surface area (Å²) in [5.41, 5.74) is 4.58. The van der Waals surface area contributed by atoms with Crippen LogP contribution >= 0.6 is 11.3 Å². The molecule has 1 aromatic carbocycles. The molecule has 0 spiro atoms. The number of nitrogens with one attached hydrogen (secondary N) is 1. The second kappa shape index (κ2) is 5.17. The number of aryl methyl sites for hydroxylation is 2. The van der Waals surface area contributed by atoms with Gasteiger partial charge in [-0.3, -0.25) is 4.40 Å². The molecule has 0 amide bonds. The Morgan fingerprint density at radius 1 is 1.35 bits per heavy atom. The van der Waals surface area contributed by atoms with E-state index in [4.69, 9.17) is 4.74 Å². The molecule has 0 fully saturated rings. The van der Waals surface area contributed by atoms with Gasteiger partial charge in [0.2, 0.25) is 0 Å². The largest absolute Gasteiger partial charge is 0.497 e. The van der Waals surface area contributed by atoms with Crippen LogP contribution in [0.3, 0.4) is 0 Å². The van der Waals surface area contributed by atoms with Crippen molar-refractivity contribution in [1.29, 1.82) is 0 Å². The topological polar surface area (TPSA) is 38.6 Å². The summed E-state index contributed by atoms with van der Waals surface area (Å²) in [7, 11) is 1.69. The molecule has 0 unspecified atom stereocenters. The molecule has 0 saturated carbocycles. The van der Waals surface area contributed by atoms with Gasteiger partial charge in [0.1, 0.15) is 5.75 Å². The van der Waals surface area contributed by atoms with Gasteiger partial charge < -0.3 is 10.1 Å². The summed E-state index contributed by atoms with van der Waals surface area (Å²) in [6.45, 7) is 4.89. The third kappa shape index (κ3) is 2.25. The molecule has 2 heterocycles. The van der Waals surface area contributed by atoms with Crippen molar-refractivity contribution in [2.45, 2.75) is 20.4 Å². The molecule has 2 aromatic heterocycles. The molecule has 20 heavy (non-hydrogen) atoms. The van der Waals surface area contributed by atoms with E-state index >= 15 is 0 Å². The highest BCUT2D eigenvalue weighted by Crippen LogP contribution is 2.23. The fourth-order valence-corrected chi connectivity index (χ4v) is 3.07. The summed E-state index contributed by atoms with van der Waals surface area (Å²) in [5, 5.41) is 5.54. The fourth-order valence-electron chi connectivity index (χ4n) is 2.29. The summed E-state index contributed by atoms with van der Waals surface area (Å²) in [6, 6.07) is 6.06. The molecule has 0 bridgehead atoms. The van der Waals surface area contributed by atoms with E-state index in [2.05, 4.69) is 46.2 Å². The molecule has 0 radical (unpaired) electrons. The number of imidazole rings is 1. The zero-order valence-corrected chi connectivity index (χ0v) is 12.6. The number of fused-ring (bicyclic) bond motifs is 1. The lowest BCUT2D eigenvalue weighted by Crippen LogP contribution is -2.04. The van der Waals surface area contributed by atoms with Gasteiger partial charge in [-0.1, -0.05) is 0 Å². The van der Waals surface area contributed by atoms with Crippen molar-refractivity contribution in [2.24, 2.45) is 0 Å². The Balaban J connectivity index is 1.82. The van der Waals surface area contributed by atoms with Gasteiger partial charge in [-0.25, -0.2) is 4.98 Å². The van der Waals surface area contributed by atoms with Crippen LogP contribution in [0.1, 0.15) is 17.0 Å². The van der Waals surface area contributed by atoms with Crippen LogP contribution in [-0.4, -0.2) is 16.5 Å². The van der Waals surface area contributed by atoms with Crippen molar-refractivity contribution in [1.82, 2.24) is 9.38 Å². The van der Waals surface area contributed by atoms with Crippen LogP contribution in [0.25, 0.3) is 4.96 Å². The minimum atomic E-state index is 0.761. The smallest absolute Gasteiger partial charge is 0.194 e. The lowest BCUT2D eigenvalue weighted by molar-refractivity contribution is 0.414. The second-order valence-electron chi connectivity index (χ2n) is 4.73. The number of rotatable bonds is 4. The average molecular weight is 287 g/mol. The van der Waals surface area contributed by atoms with Crippen LogP contribution < -0.4 is 10.1 Å². The molecule has 104 valence electrons. The van der Waals surface area contributed by atoms with Gasteiger partial charge in [0, 0.05) is 17.3 Å². The Hall–Kier alpha value is -2.01. The van der Waals surface area contributed by atoms with Crippen LogP contribution in [0.5, 0.6) is 5.75 Å². The van der Waals surface area contributed by atoms with Crippen molar-refractivity contribution in [3.8, 4) is 5.75 Å². The van der Waals surface area contributed by atoms with Gasteiger partial charge in [0.15, 0.2) is 4.96 Å². The zero-order valence-electron chi connectivity index (χ0n) is 11.8. The molecular weight excluding hydrogens is 270 g/mol. The normalized spacial score (nSPS) is 10.9. The minimum Gasteiger partial charge on any atom is -0.497 e. The molecule has 5 heteroatoms. The number of hydrogen-bond acceptors (Lipinski definition) is 4. The Kier molecular flexibility index (Phi) is 3.36. The van der Waals surface area contributed by atoms with E-state index in [9.17, 15) is 0 Å². The van der Waals surface area contributed by atoms with Crippen LogP contribution in [-0.2, 0) is 6.54 Å². The third-order valence-corrected chi connectivity index (χ3v) is 4.20. The fraction of sp³-hybridized carbons (Fsp3) is 0.267. The Morgan fingerprint density at radius 2 is 2.20 bits per heavy atom. The van der Waals surface area contributed by atoms with Crippen molar-refractivity contribution in [3.63, 3.8) is 0 Å². The molecule has 0 aliphatic rings. The van der Waals surface area contributed by atoms with E-state index in [0.717, 1.165) is 28.6 Å². The van der Waals surface area contributed by atoms with Crippen LogP contribution in [0, 0.1) is 13.8 Å². The maximum Gasteiger partial charge on any atom is 0.194 e. The van der Waals surface area contributed by atoms with Crippen LogP contribution in [0.2, 0.25) is 0 Å². The maximum atomic E-state index is 5.23. The zero-order chi connectivity index (χ0) is 14.1. The van der Waals surface area contributed by atoms with Gasteiger partial charge in [-0.05, 0) is 37.6 Å². The first-order chi connectivity index (χ1) is 9.69. The maximum absolute atomic E-state index is 5.23. The summed E-state index contributed by atoms with van der Waals surface area (Å²) in [5.74, 6) is 0.883. The van der Waals surface area contributed by atoms with Gasteiger partial charge in [0.05, 0.1) is 25.0 Å². The standard InChI is InChI=1S/C15H17N3OS/c1-10-8-12(19-3)4-5-13(10)16-9-14-11(2)17-15-18(14)6-7-20-15/h4-8,16H,9H2,1-3H3. The van der Waals surface area contributed by atoms with E-state index in [1.807, 2.05) is 12.1 Å². The van der Waals surface area contributed by atoms with E-state index < -0.39 is 0 Å². The van der Waals surface area contributed by atoms with Gasteiger partial charge >= 0.3 is 0 Å². The summed E-state index contributed by atoms with van der Waals surface area (Å²) < 4.78 is 7.37. The summed E-state index contributed by atoms with van der Waals surface area (Å²) in [6.07, 6.45) is 2.07. The Labute approximate surface area is 122 Å². The lowest BCUT2D eigenvalue weighted by atomic mass is 10.2. The molecular formula is C15H17N3OS. The number of benzene rings is 1. The predicted octanol–water partition coefficient (Wildman–Crippen LogP) is 3.63. The molecule has 1 N–H and O–H groups in total. The number of aromatic nitrogens is 2. The highest BCUT2D eigenvalue weighted by atomic mass is 32.1. The van der Waals surface area contributed by atoms with Crippen molar-refractivity contribution >= 4 is 22.0 Å². The number of nitrogens with zero attached hydrogens (tertiary/aromatic N) is 2. The van der Waals surface area contributed by atoms with Crippen LogP contribution in [0.15, 0.2) is 29.8 Å². The molecule has 0 aliphatic heterocycles. The number of anilines is 1. The van der Waals surface area contributed by atoms with E-state index in [0.29, 0.717) is 0 Å². The van der Waals surface area contributed by atoms with Gasteiger partial charge in [-0.2, -0.15) is 0 Å². The van der Waals surface area contributed by atoms with Gasteiger partial charge in [-0.15, -0.1) is 11.3 Å². The molecule has 0 atom stereocenters.